The summed E-state index contributed by atoms with van der Waals surface area (Å²) in [5.41, 5.74) is 1.44. The van der Waals surface area contributed by atoms with Crippen molar-refractivity contribution in [2.45, 2.75) is 32.2 Å². The van der Waals surface area contributed by atoms with Gasteiger partial charge in [0.25, 0.3) is 0 Å². The molecule has 1 aliphatic heterocycles. The second-order valence-electron chi connectivity index (χ2n) is 4.89. The van der Waals surface area contributed by atoms with Crippen molar-refractivity contribution in [2.75, 3.05) is 18.1 Å². The highest BCUT2D eigenvalue weighted by molar-refractivity contribution is 7.99. The first-order chi connectivity index (χ1) is 8.40. The summed E-state index contributed by atoms with van der Waals surface area (Å²) in [6.07, 6.45) is 3.88. The zero-order chi connectivity index (χ0) is 11.9. The molecule has 17 heavy (non-hydrogen) atoms. The zero-order valence-electron chi connectivity index (χ0n) is 10.7. The van der Waals surface area contributed by atoms with Crippen LogP contribution in [0, 0.1) is 5.92 Å². The highest BCUT2D eigenvalue weighted by atomic mass is 32.2. The molecule has 1 saturated heterocycles. The molecule has 1 fully saturated rings. The Morgan fingerprint density at radius 1 is 1.35 bits per heavy atom. The number of hydrogen-bond acceptors (Lipinski definition) is 2. The quantitative estimate of drug-likeness (QED) is 0.821. The molecule has 1 nitrogen and oxygen atoms in total. The van der Waals surface area contributed by atoms with Crippen LogP contribution in [-0.2, 0) is 0 Å². The lowest BCUT2D eigenvalue weighted by Gasteiger charge is -2.20. The van der Waals surface area contributed by atoms with Gasteiger partial charge in [-0.2, -0.15) is 11.8 Å². The van der Waals surface area contributed by atoms with E-state index in [1.54, 1.807) is 0 Å². The Hall–Kier alpha value is -0.470. The maximum Gasteiger partial charge on any atom is 0.0320 e. The molecule has 1 aliphatic rings. The summed E-state index contributed by atoms with van der Waals surface area (Å²) in [6.45, 7) is 3.45. The molecule has 94 valence electrons. The minimum atomic E-state index is 0.548. The highest BCUT2D eigenvalue weighted by Gasteiger charge is 2.17. The molecule has 0 radical (unpaired) electrons. The molecule has 0 amide bonds. The standard InChI is InChI=1S/C15H23NS/c1-2-6-15(14-7-4-3-5-8-14)16-11-13-9-10-17-12-13/h3-5,7-8,13,15-16H,2,6,9-12H2,1H3. The number of nitrogens with one attached hydrogen (secondary N) is 1. The van der Waals surface area contributed by atoms with Crippen LogP contribution in [0.5, 0.6) is 0 Å². The zero-order valence-corrected chi connectivity index (χ0v) is 11.5. The minimum Gasteiger partial charge on any atom is -0.310 e. The van der Waals surface area contributed by atoms with Gasteiger partial charge in [0.05, 0.1) is 0 Å². The first-order valence-corrected chi connectivity index (χ1v) is 7.91. The second-order valence-corrected chi connectivity index (χ2v) is 6.04. The Labute approximate surface area is 109 Å². The Kier molecular flexibility index (Phi) is 5.40. The maximum absolute atomic E-state index is 3.77. The van der Waals surface area contributed by atoms with Gasteiger partial charge in [0.15, 0.2) is 0 Å². The summed E-state index contributed by atoms with van der Waals surface area (Å²) in [4.78, 5) is 0. The van der Waals surface area contributed by atoms with E-state index in [2.05, 4.69) is 54.3 Å². The molecule has 2 heteroatoms. The van der Waals surface area contributed by atoms with E-state index < -0.39 is 0 Å². The van der Waals surface area contributed by atoms with Crippen LogP contribution in [0.1, 0.15) is 37.8 Å². The third kappa shape index (κ3) is 4.04. The van der Waals surface area contributed by atoms with Gasteiger partial charge in [-0.05, 0) is 42.4 Å². The van der Waals surface area contributed by atoms with E-state index in [-0.39, 0.29) is 0 Å². The van der Waals surface area contributed by atoms with E-state index in [0.717, 1.165) is 5.92 Å². The molecule has 0 saturated carbocycles. The highest BCUT2D eigenvalue weighted by Crippen LogP contribution is 2.24. The summed E-state index contributed by atoms with van der Waals surface area (Å²) >= 11 is 2.10. The van der Waals surface area contributed by atoms with Crippen molar-refractivity contribution in [1.29, 1.82) is 0 Å². The average Bonchev–Trinajstić information content (AvgIpc) is 2.88. The maximum atomic E-state index is 3.77. The number of rotatable bonds is 6. The lowest BCUT2D eigenvalue weighted by atomic mass is 10.0. The molecule has 2 rings (SSSR count). The average molecular weight is 249 g/mol. The summed E-state index contributed by atoms with van der Waals surface area (Å²) < 4.78 is 0. The number of hydrogen-bond donors (Lipinski definition) is 1. The fourth-order valence-corrected chi connectivity index (χ4v) is 3.70. The van der Waals surface area contributed by atoms with Crippen molar-refractivity contribution >= 4 is 11.8 Å². The predicted octanol–water partition coefficient (Wildman–Crippen LogP) is 3.87. The van der Waals surface area contributed by atoms with E-state index in [1.165, 1.54) is 42.9 Å². The third-order valence-electron chi connectivity index (χ3n) is 3.46. The van der Waals surface area contributed by atoms with Crippen LogP contribution in [0.25, 0.3) is 0 Å². The van der Waals surface area contributed by atoms with Gasteiger partial charge in [0.2, 0.25) is 0 Å². The number of thioether (sulfide) groups is 1. The number of benzene rings is 1. The smallest absolute Gasteiger partial charge is 0.0320 e. The Morgan fingerprint density at radius 2 is 2.18 bits per heavy atom. The van der Waals surface area contributed by atoms with E-state index in [1.807, 2.05) is 0 Å². The van der Waals surface area contributed by atoms with Gasteiger partial charge in [0, 0.05) is 6.04 Å². The molecular weight excluding hydrogens is 226 g/mol. The molecule has 0 aliphatic carbocycles. The van der Waals surface area contributed by atoms with Crippen LogP contribution in [-0.4, -0.2) is 18.1 Å². The van der Waals surface area contributed by atoms with Crippen molar-refractivity contribution in [3.63, 3.8) is 0 Å². The largest absolute Gasteiger partial charge is 0.310 e. The summed E-state index contributed by atoms with van der Waals surface area (Å²) in [7, 11) is 0. The van der Waals surface area contributed by atoms with Crippen LogP contribution in [0.4, 0.5) is 0 Å². The molecule has 0 aromatic heterocycles. The first kappa shape index (κ1) is 13.0. The molecule has 0 spiro atoms. The molecule has 1 aromatic rings. The third-order valence-corrected chi connectivity index (χ3v) is 4.69. The van der Waals surface area contributed by atoms with Crippen LogP contribution in [0.15, 0.2) is 30.3 Å². The summed E-state index contributed by atoms with van der Waals surface area (Å²) in [5, 5.41) is 3.77. The van der Waals surface area contributed by atoms with Crippen LogP contribution < -0.4 is 5.32 Å². The second kappa shape index (κ2) is 7.07. The molecule has 2 unspecified atom stereocenters. The fourth-order valence-electron chi connectivity index (χ4n) is 2.41. The normalized spacial score (nSPS) is 21.6. The van der Waals surface area contributed by atoms with Gasteiger partial charge in [-0.15, -0.1) is 0 Å². The Bertz CT molecular complexity index is 306. The Morgan fingerprint density at radius 3 is 2.82 bits per heavy atom. The van der Waals surface area contributed by atoms with Gasteiger partial charge in [-0.25, -0.2) is 0 Å². The van der Waals surface area contributed by atoms with Crippen molar-refractivity contribution in [2.24, 2.45) is 5.92 Å². The van der Waals surface area contributed by atoms with Crippen LogP contribution >= 0.6 is 11.8 Å². The van der Waals surface area contributed by atoms with Gasteiger partial charge in [-0.3, -0.25) is 0 Å². The van der Waals surface area contributed by atoms with E-state index in [4.69, 9.17) is 0 Å². The summed E-state index contributed by atoms with van der Waals surface area (Å²) in [5.74, 6) is 3.60. The monoisotopic (exact) mass is 249 g/mol. The molecule has 0 bridgehead atoms. The molecule has 2 atom stereocenters. The van der Waals surface area contributed by atoms with Crippen molar-refractivity contribution in [1.82, 2.24) is 5.32 Å². The van der Waals surface area contributed by atoms with E-state index in [0.29, 0.717) is 6.04 Å². The van der Waals surface area contributed by atoms with E-state index in [9.17, 15) is 0 Å². The van der Waals surface area contributed by atoms with Crippen molar-refractivity contribution in [3.8, 4) is 0 Å². The van der Waals surface area contributed by atoms with Crippen LogP contribution in [0.2, 0.25) is 0 Å². The van der Waals surface area contributed by atoms with Crippen molar-refractivity contribution < 1.29 is 0 Å². The lowest BCUT2D eigenvalue weighted by molar-refractivity contribution is 0.438. The predicted molar refractivity (Wildman–Crippen MR) is 77.5 cm³/mol. The Balaban J connectivity index is 1.88. The first-order valence-electron chi connectivity index (χ1n) is 6.76. The summed E-state index contributed by atoms with van der Waals surface area (Å²) in [6, 6.07) is 11.4. The van der Waals surface area contributed by atoms with E-state index >= 15 is 0 Å². The SMILES string of the molecule is CCCC(NCC1CCSC1)c1ccccc1. The molecule has 1 aromatic carbocycles. The lowest BCUT2D eigenvalue weighted by Crippen LogP contribution is -2.27. The van der Waals surface area contributed by atoms with Gasteiger partial charge in [0.1, 0.15) is 0 Å². The molecular formula is C15H23NS. The topological polar surface area (TPSA) is 12.0 Å². The minimum absolute atomic E-state index is 0.548. The van der Waals surface area contributed by atoms with Crippen molar-refractivity contribution in [3.05, 3.63) is 35.9 Å². The fraction of sp³-hybridized carbons (Fsp3) is 0.600. The van der Waals surface area contributed by atoms with Crippen LogP contribution in [0.3, 0.4) is 0 Å². The van der Waals surface area contributed by atoms with Gasteiger partial charge in [-0.1, -0.05) is 43.7 Å². The molecule has 1 N–H and O–H groups in total. The van der Waals surface area contributed by atoms with Gasteiger partial charge >= 0.3 is 0 Å². The molecule has 1 heterocycles. The van der Waals surface area contributed by atoms with Gasteiger partial charge < -0.3 is 5.32 Å².